The van der Waals surface area contributed by atoms with Gasteiger partial charge in [0.15, 0.2) is 0 Å². The lowest BCUT2D eigenvalue weighted by atomic mass is 9.99. The minimum atomic E-state index is -0.204. The zero-order chi connectivity index (χ0) is 12.1. The van der Waals surface area contributed by atoms with Crippen molar-refractivity contribution >= 4 is 5.91 Å². The maximum absolute atomic E-state index is 11.9. The minimum Gasteiger partial charge on any atom is -0.368 e. The molecule has 0 radical (unpaired) electrons. The predicted molar refractivity (Wildman–Crippen MR) is 66.8 cm³/mol. The fourth-order valence-corrected chi connectivity index (χ4v) is 2.69. The van der Waals surface area contributed by atoms with Crippen LogP contribution >= 0.6 is 0 Å². The largest absolute Gasteiger partial charge is 0.368 e. The molecule has 2 aliphatic heterocycles. The summed E-state index contributed by atoms with van der Waals surface area (Å²) in [5, 5.41) is 6.54. The Bertz CT molecular complexity index is 252. The van der Waals surface area contributed by atoms with Crippen molar-refractivity contribution in [2.24, 2.45) is 0 Å². The number of nitrogens with one attached hydrogen (secondary N) is 2. The molecule has 0 aromatic heterocycles. The highest BCUT2D eigenvalue weighted by Crippen LogP contribution is 2.14. The second-order valence-electron chi connectivity index (χ2n) is 5.30. The Balaban J connectivity index is 1.68. The number of hydrogen-bond acceptors (Lipinski definition) is 3. The van der Waals surface area contributed by atoms with E-state index in [1.54, 1.807) is 0 Å². The van der Waals surface area contributed by atoms with Gasteiger partial charge >= 0.3 is 0 Å². The Hall–Kier alpha value is -0.610. The molecule has 1 amide bonds. The molecule has 0 aromatic carbocycles. The van der Waals surface area contributed by atoms with Crippen molar-refractivity contribution in [3.63, 3.8) is 0 Å². The van der Waals surface area contributed by atoms with Gasteiger partial charge in [-0.15, -0.1) is 0 Å². The molecular weight excluding hydrogens is 216 g/mol. The summed E-state index contributed by atoms with van der Waals surface area (Å²) in [5.41, 5.74) is 0. The molecule has 4 nitrogen and oxygen atoms in total. The van der Waals surface area contributed by atoms with Crippen LogP contribution in [0.2, 0.25) is 0 Å². The predicted octanol–water partition coefficient (Wildman–Crippen LogP) is 1.20. The fraction of sp³-hybridized carbons (Fsp3) is 0.923. The topological polar surface area (TPSA) is 50.4 Å². The summed E-state index contributed by atoms with van der Waals surface area (Å²) in [5.74, 6) is 0.0738. The van der Waals surface area contributed by atoms with E-state index in [0.717, 1.165) is 38.8 Å². The van der Waals surface area contributed by atoms with Crippen molar-refractivity contribution in [1.82, 2.24) is 10.6 Å². The number of carbonyl (C=O) groups excluding carboxylic acids is 1. The Morgan fingerprint density at radius 3 is 2.88 bits per heavy atom. The number of hydrogen-bond donors (Lipinski definition) is 2. The zero-order valence-corrected chi connectivity index (χ0v) is 10.7. The maximum Gasteiger partial charge on any atom is 0.249 e. The summed E-state index contributed by atoms with van der Waals surface area (Å²) in [6, 6.07) is 1.02. The number of piperidine rings is 1. The van der Waals surface area contributed by atoms with Crippen LogP contribution in [0.5, 0.6) is 0 Å². The normalized spacial score (nSPS) is 34.3. The summed E-state index contributed by atoms with van der Waals surface area (Å²) in [4.78, 5) is 11.9. The summed E-state index contributed by atoms with van der Waals surface area (Å²) < 4.78 is 5.47. The standard InChI is InChI=1S/C13H24N2O2/c1-10-5-4-6-11(15-10)9-14-13(16)12-7-2-3-8-17-12/h10-12,15H,2-9H2,1H3,(H,14,16). The van der Waals surface area contributed by atoms with Gasteiger partial charge in [0.25, 0.3) is 0 Å². The van der Waals surface area contributed by atoms with Crippen LogP contribution < -0.4 is 10.6 Å². The van der Waals surface area contributed by atoms with Crippen LogP contribution in [0, 0.1) is 0 Å². The van der Waals surface area contributed by atoms with Gasteiger partial charge in [-0.3, -0.25) is 4.79 Å². The van der Waals surface area contributed by atoms with E-state index in [4.69, 9.17) is 4.74 Å². The Morgan fingerprint density at radius 2 is 2.18 bits per heavy atom. The van der Waals surface area contributed by atoms with Gasteiger partial charge in [0.1, 0.15) is 6.10 Å². The molecular formula is C13H24N2O2. The van der Waals surface area contributed by atoms with Crippen molar-refractivity contribution in [3.8, 4) is 0 Å². The van der Waals surface area contributed by atoms with Crippen LogP contribution in [0.4, 0.5) is 0 Å². The number of carbonyl (C=O) groups is 1. The second kappa shape index (κ2) is 6.36. The lowest BCUT2D eigenvalue weighted by Gasteiger charge is -2.29. The van der Waals surface area contributed by atoms with E-state index in [0.29, 0.717) is 12.1 Å². The molecule has 0 spiro atoms. The first-order chi connectivity index (χ1) is 8.25. The number of rotatable bonds is 3. The molecule has 3 atom stereocenters. The molecule has 17 heavy (non-hydrogen) atoms. The maximum atomic E-state index is 11.9. The van der Waals surface area contributed by atoms with Crippen LogP contribution in [-0.4, -0.2) is 37.2 Å². The van der Waals surface area contributed by atoms with E-state index < -0.39 is 0 Å². The second-order valence-corrected chi connectivity index (χ2v) is 5.30. The van der Waals surface area contributed by atoms with Crippen molar-refractivity contribution in [3.05, 3.63) is 0 Å². The molecule has 0 bridgehead atoms. The first-order valence-electron chi connectivity index (χ1n) is 6.91. The molecule has 2 saturated heterocycles. The molecule has 0 aliphatic carbocycles. The van der Waals surface area contributed by atoms with Crippen LogP contribution in [0.3, 0.4) is 0 Å². The van der Waals surface area contributed by atoms with Crippen LogP contribution in [0.1, 0.15) is 45.4 Å². The molecule has 2 rings (SSSR count). The average Bonchev–Trinajstić information content (AvgIpc) is 2.37. The molecule has 2 fully saturated rings. The number of ether oxygens (including phenoxy) is 1. The molecule has 0 saturated carbocycles. The SMILES string of the molecule is CC1CCCC(CNC(=O)C2CCCCO2)N1. The highest BCUT2D eigenvalue weighted by molar-refractivity contribution is 5.80. The van der Waals surface area contributed by atoms with E-state index in [2.05, 4.69) is 17.6 Å². The molecule has 2 N–H and O–H groups in total. The van der Waals surface area contributed by atoms with Gasteiger partial charge in [0, 0.05) is 25.2 Å². The highest BCUT2D eigenvalue weighted by atomic mass is 16.5. The molecule has 4 heteroatoms. The average molecular weight is 240 g/mol. The third-order valence-electron chi connectivity index (χ3n) is 3.70. The first kappa shape index (κ1) is 12.8. The molecule has 2 aliphatic rings. The monoisotopic (exact) mass is 240 g/mol. The van der Waals surface area contributed by atoms with Gasteiger partial charge in [-0.05, 0) is 39.0 Å². The third-order valence-corrected chi connectivity index (χ3v) is 3.70. The summed E-state index contributed by atoms with van der Waals surface area (Å²) >= 11 is 0. The van der Waals surface area contributed by atoms with Gasteiger partial charge in [-0.25, -0.2) is 0 Å². The lowest BCUT2D eigenvalue weighted by molar-refractivity contribution is -0.135. The Labute approximate surface area is 103 Å². The van der Waals surface area contributed by atoms with E-state index in [1.807, 2.05) is 0 Å². The van der Waals surface area contributed by atoms with Crippen LogP contribution in [0.25, 0.3) is 0 Å². The quantitative estimate of drug-likeness (QED) is 0.779. The molecule has 3 unspecified atom stereocenters. The van der Waals surface area contributed by atoms with E-state index in [1.165, 1.54) is 12.8 Å². The van der Waals surface area contributed by atoms with Crippen molar-refractivity contribution in [2.45, 2.75) is 63.6 Å². The van der Waals surface area contributed by atoms with Gasteiger partial charge in [-0.1, -0.05) is 6.42 Å². The van der Waals surface area contributed by atoms with Crippen molar-refractivity contribution < 1.29 is 9.53 Å². The van der Waals surface area contributed by atoms with Crippen molar-refractivity contribution in [2.75, 3.05) is 13.2 Å². The summed E-state index contributed by atoms with van der Waals surface area (Å²) in [6.45, 7) is 3.68. The molecule has 98 valence electrons. The number of amides is 1. The Morgan fingerprint density at radius 1 is 1.29 bits per heavy atom. The van der Waals surface area contributed by atoms with E-state index >= 15 is 0 Å². The summed E-state index contributed by atoms with van der Waals surface area (Å²) in [7, 11) is 0. The molecule has 2 heterocycles. The van der Waals surface area contributed by atoms with Crippen LogP contribution in [-0.2, 0) is 9.53 Å². The van der Waals surface area contributed by atoms with Crippen LogP contribution in [0.15, 0.2) is 0 Å². The minimum absolute atomic E-state index is 0.0738. The summed E-state index contributed by atoms with van der Waals surface area (Å²) in [6.07, 6.45) is 6.54. The highest BCUT2D eigenvalue weighted by Gasteiger charge is 2.23. The van der Waals surface area contributed by atoms with Gasteiger partial charge in [0.05, 0.1) is 0 Å². The van der Waals surface area contributed by atoms with Gasteiger partial charge in [0.2, 0.25) is 5.91 Å². The smallest absolute Gasteiger partial charge is 0.249 e. The Kier molecular flexibility index (Phi) is 4.80. The molecule has 0 aromatic rings. The van der Waals surface area contributed by atoms with E-state index in [9.17, 15) is 4.79 Å². The van der Waals surface area contributed by atoms with E-state index in [-0.39, 0.29) is 12.0 Å². The fourth-order valence-electron chi connectivity index (χ4n) is 2.69. The van der Waals surface area contributed by atoms with Crippen molar-refractivity contribution in [1.29, 1.82) is 0 Å². The lowest BCUT2D eigenvalue weighted by Crippen LogP contribution is -2.49. The first-order valence-corrected chi connectivity index (χ1v) is 6.91. The van der Waals surface area contributed by atoms with Gasteiger partial charge < -0.3 is 15.4 Å². The zero-order valence-electron chi connectivity index (χ0n) is 10.7. The third kappa shape index (κ3) is 3.96. The van der Waals surface area contributed by atoms with Gasteiger partial charge in [-0.2, -0.15) is 0 Å².